The van der Waals surface area contributed by atoms with E-state index in [9.17, 15) is 9.59 Å². The molecule has 1 unspecified atom stereocenters. The van der Waals surface area contributed by atoms with Crippen LogP contribution in [0.25, 0.3) is 11.2 Å². The molecule has 0 aliphatic carbocycles. The molecule has 18 heavy (non-hydrogen) atoms. The van der Waals surface area contributed by atoms with E-state index < -0.39 is 17.3 Å². The van der Waals surface area contributed by atoms with E-state index in [1.807, 2.05) is 6.07 Å². The number of aromatic amines is 1. The van der Waals surface area contributed by atoms with Crippen LogP contribution in [0.15, 0.2) is 9.59 Å². The van der Waals surface area contributed by atoms with E-state index in [1.165, 1.54) is 11.6 Å². The molecule has 0 aromatic carbocycles. The number of halogens is 1. The Bertz CT molecular complexity index is 763. The maximum Gasteiger partial charge on any atom is 0.333 e. The molecule has 0 aliphatic heterocycles. The van der Waals surface area contributed by atoms with Crippen molar-refractivity contribution in [2.75, 3.05) is 0 Å². The molecule has 2 heterocycles. The van der Waals surface area contributed by atoms with Crippen LogP contribution in [0, 0.1) is 11.3 Å². The molecule has 0 saturated heterocycles. The Kier molecular flexibility index (Phi) is 2.97. The van der Waals surface area contributed by atoms with Crippen molar-refractivity contribution in [3.8, 4) is 6.07 Å². The lowest BCUT2D eigenvalue weighted by atomic mass is 10.2. The number of nitrogens with one attached hydrogen (secondary N) is 1. The van der Waals surface area contributed by atoms with Gasteiger partial charge in [-0.05, 0) is 18.0 Å². The van der Waals surface area contributed by atoms with Crippen molar-refractivity contribution in [3.05, 3.63) is 26.1 Å². The molecule has 0 radical (unpaired) electrons. The third kappa shape index (κ3) is 1.62. The Labute approximate surface area is 106 Å². The fraction of sp³-hybridized carbons (Fsp3) is 0.400. The summed E-state index contributed by atoms with van der Waals surface area (Å²) in [6, 6.07) is 1.32. The largest absolute Gasteiger partial charge is 0.333 e. The molecular weight excluding hydrogens is 258 g/mol. The van der Waals surface area contributed by atoms with E-state index in [1.54, 1.807) is 6.92 Å². The zero-order valence-electron chi connectivity index (χ0n) is 9.77. The molecule has 8 heteroatoms. The minimum Gasteiger partial charge on any atom is -0.323 e. The van der Waals surface area contributed by atoms with Gasteiger partial charge < -0.3 is 4.98 Å². The zero-order chi connectivity index (χ0) is 13.4. The van der Waals surface area contributed by atoms with Gasteiger partial charge in [0.1, 0.15) is 6.04 Å². The van der Waals surface area contributed by atoms with Gasteiger partial charge in [-0.2, -0.15) is 10.2 Å². The number of fused-ring (bicyclic) bond motifs is 1. The fourth-order valence-corrected chi connectivity index (χ4v) is 1.95. The smallest absolute Gasteiger partial charge is 0.323 e. The van der Waals surface area contributed by atoms with Gasteiger partial charge >= 0.3 is 5.69 Å². The predicted octanol–water partition coefficient (Wildman–Crippen LogP) is 0.551. The Morgan fingerprint density at radius 3 is 2.78 bits per heavy atom. The lowest BCUT2D eigenvalue weighted by Gasteiger charge is -2.11. The summed E-state index contributed by atoms with van der Waals surface area (Å²) in [6.45, 7) is 1.77. The quantitative estimate of drug-likeness (QED) is 0.804. The van der Waals surface area contributed by atoms with Crippen molar-refractivity contribution in [1.82, 2.24) is 19.1 Å². The Hall–Kier alpha value is -2.07. The maximum atomic E-state index is 12.0. The second kappa shape index (κ2) is 4.31. The number of hydrogen-bond donors (Lipinski definition) is 1. The Morgan fingerprint density at radius 1 is 1.56 bits per heavy atom. The van der Waals surface area contributed by atoms with Gasteiger partial charge in [-0.25, -0.2) is 4.79 Å². The van der Waals surface area contributed by atoms with Crippen LogP contribution in [-0.4, -0.2) is 19.1 Å². The summed E-state index contributed by atoms with van der Waals surface area (Å²) in [4.78, 5) is 30.4. The highest BCUT2D eigenvalue weighted by Crippen LogP contribution is 2.15. The molecule has 0 spiro atoms. The number of rotatable bonds is 2. The number of nitrogens with zero attached hydrogens (tertiary/aromatic N) is 4. The molecule has 2 rings (SSSR count). The molecular formula is C10H10ClN5O2. The molecule has 0 amide bonds. The monoisotopic (exact) mass is 267 g/mol. The number of H-pyrrole nitrogens is 1. The first kappa shape index (κ1) is 12.4. The number of aromatic nitrogens is 4. The molecule has 0 aliphatic rings. The number of imidazole rings is 1. The summed E-state index contributed by atoms with van der Waals surface area (Å²) in [6.07, 6.45) is 0.425. The molecule has 0 fully saturated rings. The fourth-order valence-electron chi connectivity index (χ4n) is 1.78. The lowest BCUT2D eigenvalue weighted by molar-refractivity contribution is 0.553. The molecule has 0 bridgehead atoms. The third-order valence-corrected chi connectivity index (χ3v) is 2.92. The Balaban J connectivity index is 3.01. The standard InChI is InChI=1S/C10H10ClN5O2/c1-3-5(4-12)16-7-6(13-9(11)14-7)8(17)15(2)10(16)18/h5H,3H2,1-2H3,(H,13,14). The highest BCUT2D eigenvalue weighted by Gasteiger charge is 2.20. The van der Waals surface area contributed by atoms with Crippen LogP contribution < -0.4 is 11.2 Å². The summed E-state index contributed by atoms with van der Waals surface area (Å²) in [7, 11) is 1.35. The van der Waals surface area contributed by atoms with Crippen molar-refractivity contribution in [3.63, 3.8) is 0 Å². The first-order valence-corrected chi connectivity index (χ1v) is 5.65. The van der Waals surface area contributed by atoms with Crippen LogP contribution >= 0.6 is 11.6 Å². The molecule has 2 aromatic rings. The normalized spacial score (nSPS) is 12.6. The van der Waals surface area contributed by atoms with E-state index in [0.717, 1.165) is 4.57 Å². The van der Waals surface area contributed by atoms with Crippen molar-refractivity contribution in [2.24, 2.45) is 7.05 Å². The van der Waals surface area contributed by atoms with Crippen molar-refractivity contribution < 1.29 is 0 Å². The lowest BCUT2D eigenvalue weighted by Crippen LogP contribution is -2.39. The van der Waals surface area contributed by atoms with E-state index in [0.29, 0.717) is 6.42 Å². The van der Waals surface area contributed by atoms with E-state index >= 15 is 0 Å². The van der Waals surface area contributed by atoms with E-state index in [4.69, 9.17) is 16.9 Å². The third-order valence-electron chi connectivity index (χ3n) is 2.74. The summed E-state index contributed by atoms with van der Waals surface area (Å²) in [5, 5.41) is 9.07. The minimum absolute atomic E-state index is 0.00856. The van der Waals surface area contributed by atoms with Gasteiger partial charge in [-0.3, -0.25) is 13.9 Å². The van der Waals surface area contributed by atoms with Gasteiger partial charge in [0.25, 0.3) is 5.56 Å². The van der Waals surface area contributed by atoms with Crippen molar-refractivity contribution in [1.29, 1.82) is 5.26 Å². The summed E-state index contributed by atoms with van der Waals surface area (Å²) in [5.41, 5.74) is -0.861. The molecule has 0 saturated carbocycles. The summed E-state index contributed by atoms with van der Waals surface area (Å²) in [5.74, 6) is 0. The van der Waals surface area contributed by atoms with E-state index in [2.05, 4.69) is 9.97 Å². The van der Waals surface area contributed by atoms with Gasteiger partial charge in [0.2, 0.25) is 5.28 Å². The minimum atomic E-state index is -0.689. The first-order chi connectivity index (χ1) is 8.51. The highest BCUT2D eigenvalue weighted by atomic mass is 35.5. The Morgan fingerprint density at radius 2 is 2.22 bits per heavy atom. The average molecular weight is 268 g/mol. The number of nitriles is 1. The van der Waals surface area contributed by atoms with Gasteiger partial charge in [-0.1, -0.05) is 6.92 Å². The second-order valence-corrected chi connectivity index (χ2v) is 4.15. The van der Waals surface area contributed by atoms with Crippen molar-refractivity contribution >= 4 is 22.8 Å². The van der Waals surface area contributed by atoms with E-state index in [-0.39, 0.29) is 16.4 Å². The molecule has 94 valence electrons. The molecule has 7 nitrogen and oxygen atoms in total. The van der Waals surface area contributed by atoms with Gasteiger partial charge in [0, 0.05) is 7.05 Å². The second-order valence-electron chi connectivity index (χ2n) is 3.80. The summed E-state index contributed by atoms with van der Waals surface area (Å²) < 4.78 is 2.11. The van der Waals surface area contributed by atoms with Crippen LogP contribution in [0.5, 0.6) is 0 Å². The number of hydrogen-bond acceptors (Lipinski definition) is 4. The van der Waals surface area contributed by atoms with Gasteiger partial charge in [0.05, 0.1) is 6.07 Å². The topological polar surface area (TPSA) is 96.5 Å². The van der Waals surface area contributed by atoms with Gasteiger partial charge in [-0.15, -0.1) is 0 Å². The first-order valence-electron chi connectivity index (χ1n) is 5.27. The average Bonchev–Trinajstić information content (AvgIpc) is 2.73. The molecule has 1 N–H and O–H groups in total. The SMILES string of the molecule is CCC(C#N)n1c(=O)n(C)c(=O)c2[nH]c(Cl)nc21. The van der Waals surface area contributed by atoms with Crippen molar-refractivity contribution in [2.45, 2.75) is 19.4 Å². The van der Waals surface area contributed by atoms with Crippen LogP contribution in [0.2, 0.25) is 5.28 Å². The molecule has 2 aromatic heterocycles. The van der Waals surface area contributed by atoms with Gasteiger partial charge in [0.15, 0.2) is 11.2 Å². The van der Waals surface area contributed by atoms with Crippen LogP contribution in [0.1, 0.15) is 19.4 Å². The highest BCUT2D eigenvalue weighted by molar-refractivity contribution is 6.28. The summed E-state index contributed by atoms with van der Waals surface area (Å²) >= 11 is 5.71. The van der Waals surface area contributed by atoms with Crippen LogP contribution in [0.4, 0.5) is 0 Å². The maximum absolute atomic E-state index is 12.0. The van der Waals surface area contributed by atoms with Crippen LogP contribution in [0.3, 0.4) is 0 Å². The van der Waals surface area contributed by atoms with Crippen LogP contribution in [-0.2, 0) is 7.05 Å². The predicted molar refractivity (Wildman–Crippen MR) is 65.5 cm³/mol. The molecule has 1 atom stereocenters. The zero-order valence-corrected chi connectivity index (χ0v) is 10.5.